The van der Waals surface area contributed by atoms with E-state index in [2.05, 4.69) is 33.7 Å². The molecule has 2 N–H and O–H groups in total. The van der Waals surface area contributed by atoms with Crippen molar-refractivity contribution in [3.05, 3.63) is 23.2 Å². The third-order valence-corrected chi connectivity index (χ3v) is 3.69. The molecular formula is C13H17ClN4O. The standard InChI is InChI=1S/C13H17ClN4O/c1-7(2)3-9-6-15-12(19)10-4-8-5-16-13(14)17-11(8)18(9)10/h4-5,7,9,12,15,19H,3,6H2,1-2H3/t9-,12?/m0/s1. The second kappa shape index (κ2) is 4.74. The lowest BCUT2D eigenvalue weighted by atomic mass is 10.0. The fourth-order valence-electron chi connectivity index (χ4n) is 2.78. The van der Waals surface area contributed by atoms with Gasteiger partial charge in [0.2, 0.25) is 5.28 Å². The van der Waals surface area contributed by atoms with Crippen LogP contribution in [0.25, 0.3) is 11.0 Å². The van der Waals surface area contributed by atoms with Gasteiger partial charge in [-0.25, -0.2) is 4.98 Å². The van der Waals surface area contributed by atoms with Crippen molar-refractivity contribution in [1.29, 1.82) is 0 Å². The molecule has 0 saturated heterocycles. The van der Waals surface area contributed by atoms with Crippen molar-refractivity contribution in [3.63, 3.8) is 0 Å². The number of aliphatic hydroxyl groups excluding tert-OH is 1. The first kappa shape index (κ1) is 12.8. The van der Waals surface area contributed by atoms with Gasteiger partial charge in [-0.2, -0.15) is 4.98 Å². The van der Waals surface area contributed by atoms with Crippen LogP contribution in [0.15, 0.2) is 12.3 Å². The van der Waals surface area contributed by atoms with E-state index in [0.717, 1.165) is 29.7 Å². The van der Waals surface area contributed by atoms with Gasteiger partial charge in [-0.15, -0.1) is 0 Å². The summed E-state index contributed by atoms with van der Waals surface area (Å²) in [5.41, 5.74) is 1.64. The van der Waals surface area contributed by atoms with Gasteiger partial charge >= 0.3 is 0 Å². The zero-order valence-corrected chi connectivity index (χ0v) is 11.7. The summed E-state index contributed by atoms with van der Waals surface area (Å²) >= 11 is 5.89. The molecule has 0 aliphatic carbocycles. The smallest absolute Gasteiger partial charge is 0.224 e. The van der Waals surface area contributed by atoms with E-state index in [-0.39, 0.29) is 11.3 Å². The van der Waals surface area contributed by atoms with E-state index in [1.54, 1.807) is 6.20 Å². The largest absolute Gasteiger partial charge is 0.373 e. The Kier molecular flexibility index (Phi) is 3.20. The average Bonchev–Trinajstić information content (AvgIpc) is 2.72. The van der Waals surface area contributed by atoms with Crippen LogP contribution in [0.2, 0.25) is 5.28 Å². The molecular weight excluding hydrogens is 264 g/mol. The molecule has 2 aromatic heterocycles. The minimum Gasteiger partial charge on any atom is -0.373 e. The van der Waals surface area contributed by atoms with E-state index in [9.17, 15) is 5.11 Å². The second-order valence-electron chi connectivity index (χ2n) is 5.45. The number of nitrogens with one attached hydrogen (secondary N) is 1. The molecule has 0 amide bonds. The Bertz CT molecular complexity index is 610. The lowest BCUT2D eigenvalue weighted by Crippen LogP contribution is -2.37. The van der Waals surface area contributed by atoms with E-state index >= 15 is 0 Å². The Hall–Kier alpha value is -1.17. The van der Waals surface area contributed by atoms with Gasteiger partial charge in [0.25, 0.3) is 0 Å². The molecule has 0 bridgehead atoms. The van der Waals surface area contributed by atoms with Crippen molar-refractivity contribution >= 4 is 22.6 Å². The molecule has 3 heterocycles. The maximum absolute atomic E-state index is 10.1. The number of fused-ring (bicyclic) bond motifs is 3. The van der Waals surface area contributed by atoms with E-state index in [4.69, 9.17) is 11.6 Å². The summed E-state index contributed by atoms with van der Waals surface area (Å²) in [6.45, 7) is 5.12. The topological polar surface area (TPSA) is 63.0 Å². The maximum Gasteiger partial charge on any atom is 0.224 e. The molecule has 0 saturated carbocycles. The molecule has 2 atom stereocenters. The Morgan fingerprint density at radius 3 is 3.11 bits per heavy atom. The molecule has 3 rings (SSSR count). The fourth-order valence-corrected chi connectivity index (χ4v) is 2.91. The van der Waals surface area contributed by atoms with Gasteiger partial charge in [-0.1, -0.05) is 13.8 Å². The van der Waals surface area contributed by atoms with Gasteiger partial charge in [0, 0.05) is 24.2 Å². The fraction of sp³-hybridized carbons (Fsp3) is 0.538. The third-order valence-electron chi connectivity index (χ3n) is 3.51. The van der Waals surface area contributed by atoms with Crippen LogP contribution in [-0.2, 0) is 0 Å². The predicted molar refractivity (Wildman–Crippen MR) is 74.0 cm³/mol. The summed E-state index contributed by atoms with van der Waals surface area (Å²) in [7, 11) is 0. The zero-order valence-electron chi connectivity index (χ0n) is 11.0. The van der Waals surface area contributed by atoms with Crippen LogP contribution in [-0.4, -0.2) is 26.2 Å². The van der Waals surface area contributed by atoms with Gasteiger partial charge in [-0.05, 0) is 30.0 Å². The van der Waals surface area contributed by atoms with Gasteiger partial charge < -0.3 is 9.67 Å². The number of hydrogen-bond acceptors (Lipinski definition) is 4. The summed E-state index contributed by atoms with van der Waals surface area (Å²) in [5.74, 6) is 0.574. The summed E-state index contributed by atoms with van der Waals surface area (Å²) in [4.78, 5) is 8.32. The molecule has 0 radical (unpaired) electrons. The number of aliphatic hydroxyl groups is 1. The van der Waals surface area contributed by atoms with Crippen LogP contribution in [0.3, 0.4) is 0 Å². The van der Waals surface area contributed by atoms with Crippen molar-refractivity contribution < 1.29 is 5.11 Å². The first-order valence-electron chi connectivity index (χ1n) is 6.51. The molecule has 0 aromatic carbocycles. The summed E-state index contributed by atoms with van der Waals surface area (Å²) in [6, 6.07) is 2.21. The van der Waals surface area contributed by atoms with Crippen molar-refractivity contribution in [2.24, 2.45) is 5.92 Å². The van der Waals surface area contributed by atoms with Gasteiger partial charge in [0.1, 0.15) is 11.9 Å². The molecule has 6 heteroatoms. The van der Waals surface area contributed by atoms with Crippen LogP contribution in [0.1, 0.15) is 38.2 Å². The first-order valence-corrected chi connectivity index (χ1v) is 6.89. The van der Waals surface area contributed by atoms with E-state index in [1.165, 1.54) is 0 Å². The summed E-state index contributed by atoms with van der Waals surface area (Å²) < 4.78 is 2.10. The van der Waals surface area contributed by atoms with Crippen LogP contribution in [0.4, 0.5) is 0 Å². The number of aromatic nitrogens is 3. The average molecular weight is 281 g/mol. The van der Waals surface area contributed by atoms with Gasteiger partial charge in [0.15, 0.2) is 0 Å². The second-order valence-corrected chi connectivity index (χ2v) is 5.79. The van der Waals surface area contributed by atoms with Crippen molar-refractivity contribution in [2.75, 3.05) is 6.54 Å². The van der Waals surface area contributed by atoms with Gasteiger partial charge in [-0.3, -0.25) is 5.32 Å². The monoisotopic (exact) mass is 280 g/mol. The van der Waals surface area contributed by atoms with Crippen molar-refractivity contribution in [1.82, 2.24) is 19.9 Å². The molecule has 1 aliphatic heterocycles. The van der Waals surface area contributed by atoms with Crippen molar-refractivity contribution in [2.45, 2.75) is 32.5 Å². The predicted octanol–water partition coefficient (Wildman–Crippen LogP) is 2.27. The number of rotatable bonds is 2. The highest BCUT2D eigenvalue weighted by Gasteiger charge is 2.28. The van der Waals surface area contributed by atoms with Gasteiger partial charge in [0.05, 0.1) is 5.69 Å². The quantitative estimate of drug-likeness (QED) is 0.829. The maximum atomic E-state index is 10.1. The van der Waals surface area contributed by atoms with Crippen LogP contribution < -0.4 is 5.32 Å². The normalized spacial score (nSPS) is 23.0. The number of halogens is 1. The lowest BCUT2D eigenvalue weighted by Gasteiger charge is -2.31. The molecule has 2 aromatic rings. The first-order chi connectivity index (χ1) is 9.06. The highest BCUT2D eigenvalue weighted by Crippen LogP contribution is 2.32. The molecule has 1 aliphatic rings. The minimum atomic E-state index is -0.656. The van der Waals surface area contributed by atoms with Crippen LogP contribution in [0.5, 0.6) is 0 Å². The van der Waals surface area contributed by atoms with Crippen LogP contribution >= 0.6 is 11.6 Å². The van der Waals surface area contributed by atoms with Crippen LogP contribution in [0, 0.1) is 5.92 Å². The number of hydrogen-bond donors (Lipinski definition) is 2. The Morgan fingerprint density at radius 2 is 2.37 bits per heavy atom. The molecule has 5 nitrogen and oxygen atoms in total. The Labute approximate surface area is 116 Å². The molecule has 0 fully saturated rings. The molecule has 19 heavy (non-hydrogen) atoms. The third kappa shape index (κ3) is 2.22. The van der Waals surface area contributed by atoms with E-state index < -0.39 is 6.23 Å². The molecule has 0 spiro atoms. The van der Waals surface area contributed by atoms with E-state index in [1.807, 2.05) is 6.07 Å². The SMILES string of the molecule is CC(C)C[C@H]1CNC(O)c2cc3cnc(Cl)nc3n21. The molecule has 102 valence electrons. The minimum absolute atomic E-state index is 0.240. The Balaban J connectivity index is 2.17. The van der Waals surface area contributed by atoms with Crippen molar-refractivity contribution in [3.8, 4) is 0 Å². The zero-order chi connectivity index (χ0) is 13.6. The highest BCUT2D eigenvalue weighted by atomic mass is 35.5. The lowest BCUT2D eigenvalue weighted by molar-refractivity contribution is 0.101. The molecule has 1 unspecified atom stereocenters. The number of nitrogens with zero attached hydrogens (tertiary/aromatic N) is 3. The summed E-state index contributed by atoms with van der Waals surface area (Å²) in [6.07, 6.45) is 2.07. The summed E-state index contributed by atoms with van der Waals surface area (Å²) in [5, 5.41) is 14.3. The Morgan fingerprint density at radius 1 is 1.58 bits per heavy atom. The highest BCUT2D eigenvalue weighted by molar-refractivity contribution is 6.28. The van der Waals surface area contributed by atoms with E-state index in [0.29, 0.717) is 5.92 Å².